The van der Waals surface area contributed by atoms with Crippen molar-refractivity contribution in [3.05, 3.63) is 63.6 Å². The number of carbonyl (C=O) groups excluding carboxylic acids is 2. The van der Waals surface area contributed by atoms with Gasteiger partial charge in [-0.05, 0) is 50.1 Å². The van der Waals surface area contributed by atoms with E-state index in [-0.39, 0.29) is 17.6 Å². The first-order valence-electron chi connectivity index (χ1n) is 11.2. The molecule has 0 radical (unpaired) electrons. The van der Waals surface area contributed by atoms with E-state index in [1.54, 1.807) is 31.2 Å². The van der Waals surface area contributed by atoms with E-state index in [9.17, 15) is 31.2 Å². The van der Waals surface area contributed by atoms with Crippen LogP contribution in [0.3, 0.4) is 0 Å². The number of hydrogen-bond donors (Lipinski definition) is 1. The van der Waals surface area contributed by atoms with Crippen LogP contribution >= 0.6 is 23.2 Å². The number of nitrogens with one attached hydrogen (secondary N) is 1. The third-order valence-corrected chi connectivity index (χ3v) is 7.50. The molecule has 0 aliphatic heterocycles. The molecule has 0 saturated heterocycles. The standard InChI is InChI=1S/C24H28Cl2F3N3O4S/c1-5-15(2)30-23(34)16(3)31(13-17-8-6-7-9-19(17)25)22(33)14-32(37(4,35)36)21-12-18(24(27,28)29)10-11-20(21)26/h6-12,15-16H,5,13-14H2,1-4H3,(H,30,34)/t15-,16-/m0/s1. The van der Waals surface area contributed by atoms with Crippen LogP contribution < -0.4 is 9.62 Å². The van der Waals surface area contributed by atoms with Crippen LogP contribution in [-0.2, 0) is 32.3 Å². The van der Waals surface area contributed by atoms with E-state index in [1.807, 2.05) is 6.92 Å². The summed E-state index contributed by atoms with van der Waals surface area (Å²) in [5.41, 5.74) is -1.16. The lowest BCUT2D eigenvalue weighted by Crippen LogP contribution is -2.52. The van der Waals surface area contributed by atoms with Gasteiger partial charge < -0.3 is 10.2 Å². The molecule has 2 amide bonds. The normalized spacial score (nSPS) is 13.5. The van der Waals surface area contributed by atoms with Crippen molar-refractivity contribution >= 4 is 50.7 Å². The molecule has 0 heterocycles. The number of benzene rings is 2. The molecule has 2 rings (SSSR count). The van der Waals surface area contributed by atoms with Crippen LogP contribution in [0.1, 0.15) is 38.3 Å². The van der Waals surface area contributed by atoms with Gasteiger partial charge in [0, 0.05) is 17.6 Å². The molecule has 1 N–H and O–H groups in total. The van der Waals surface area contributed by atoms with Gasteiger partial charge in [0.05, 0.1) is 22.5 Å². The summed E-state index contributed by atoms with van der Waals surface area (Å²) in [5, 5.41) is 2.79. The van der Waals surface area contributed by atoms with Crippen molar-refractivity contribution in [3.8, 4) is 0 Å². The Labute approximate surface area is 224 Å². The molecule has 0 bridgehead atoms. The molecule has 0 aliphatic rings. The van der Waals surface area contributed by atoms with Crippen LogP contribution in [0.25, 0.3) is 0 Å². The zero-order valence-corrected chi connectivity index (χ0v) is 23.0. The average Bonchev–Trinajstić information content (AvgIpc) is 2.80. The Balaban J connectivity index is 2.51. The number of hydrogen-bond acceptors (Lipinski definition) is 4. The topological polar surface area (TPSA) is 86.8 Å². The third kappa shape index (κ3) is 8.24. The van der Waals surface area contributed by atoms with Gasteiger partial charge in [-0.2, -0.15) is 13.2 Å². The predicted molar refractivity (Wildman–Crippen MR) is 138 cm³/mol. The highest BCUT2D eigenvalue weighted by molar-refractivity contribution is 7.92. The Morgan fingerprint density at radius 3 is 2.22 bits per heavy atom. The largest absolute Gasteiger partial charge is 0.416 e. The first-order valence-corrected chi connectivity index (χ1v) is 13.8. The Kier molecular flexibility index (Phi) is 10.3. The second-order valence-electron chi connectivity index (χ2n) is 8.54. The lowest BCUT2D eigenvalue weighted by molar-refractivity contribution is -0.139. The molecule has 37 heavy (non-hydrogen) atoms. The summed E-state index contributed by atoms with van der Waals surface area (Å²) in [5.74, 6) is -1.33. The van der Waals surface area contributed by atoms with Crippen molar-refractivity contribution < 1.29 is 31.2 Å². The summed E-state index contributed by atoms with van der Waals surface area (Å²) in [6, 6.07) is 7.52. The molecule has 0 aliphatic carbocycles. The summed E-state index contributed by atoms with van der Waals surface area (Å²) in [7, 11) is -4.27. The Bertz CT molecular complexity index is 1240. The van der Waals surface area contributed by atoms with Gasteiger partial charge >= 0.3 is 6.18 Å². The molecule has 2 aromatic rings. The van der Waals surface area contributed by atoms with Crippen LogP contribution in [0.2, 0.25) is 10.0 Å². The predicted octanol–water partition coefficient (Wildman–Crippen LogP) is 5.11. The molecule has 7 nitrogen and oxygen atoms in total. The number of nitrogens with zero attached hydrogens (tertiary/aromatic N) is 2. The fourth-order valence-corrected chi connectivity index (χ4v) is 4.65. The number of amides is 2. The first kappa shape index (κ1) is 30.7. The van der Waals surface area contributed by atoms with Crippen molar-refractivity contribution in [3.63, 3.8) is 0 Å². The highest BCUT2D eigenvalue weighted by Gasteiger charge is 2.35. The number of alkyl halides is 3. The summed E-state index contributed by atoms with van der Waals surface area (Å²) in [6.45, 7) is 4.07. The van der Waals surface area contributed by atoms with E-state index < -0.39 is 51.9 Å². The molecule has 0 aromatic heterocycles. The molecule has 0 unspecified atom stereocenters. The van der Waals surface area contributed by atoms with Crippen LogP contribution in [0, 0.1) is 0 Å². The summed E-state index contributed by atoms with van der Waals surface area (Å²) >= 11 is 12.3. The number of carbonyl (C=O) groups is 2. The second kappa shape index (κ2) is 12.4. The highest BCUT2D eigenvalue weighted by atomic mass is 35.5. The molecule has 0 fully saturated rings. The lowest BCUT2D eigenvalue weighted by Gasteiger charge is -2.32. The third-order valence-electron chi connectivity index (χ3n) is 5.69. The van der Waals surface area contributed by atoms with Crippen LogP contribution in [0.5, 0.6) is 0 Å². The van der Waals surface area contributed by atoms with Gasteiger partial charge in [-0.25, -0.2) is 8.42 Å². The minimum atomic E-state index is -4.77. The van der Waals surface area contributed by atoms with Gasteiger partial charge in [0.15, 0.2) is 0 Å². The zero-order chi connectivity index (χ0) is 28.1. The molecule has 0 spiro atoms. The van der Waals surface area contributed by atoms with Gasteiger partial charge in [-0.1, -0.05) is 48.3 Å². The quantitative estimate of drug-likeness (QED) is 0.422. The van der Waals surface area contributed by atoms with Crippen molar-refractivity contribution in [2.75, 3.05) is 17.1 Å². The molecular weight excluding hydrogens is 554 g/mol. The summed E-state index contributed by atoms with van der Waals surface area (Å²) in [4.78, 5) is 27.5. The maximum absolute atomic E-state index is 13.5. The van der Waals surface area contributed by atoms with E-state index in [0.717, 1.165) is 17.2 Å². The van der Waals surface area contributed by atoms with E-state index in [0.29, 0.717) is 33.4 Å². The molecule has 13 heteroatoms. The maximum atomic E-state index is 13.5. The summed E-state index contributed by atoms with van der Waals surface area (Å²) < 4.78 is 65.7. The average molecular weight is 582 g/mol. The monoisotopic (exact) mass is 581 g/mol. The zero-order valence-electron chi connectivity index (χ0n) is 20.6. The molecule has 0 saturated carbocycles. The van der Waals surface area contributed by atoms with Crippen LogP contribution in [0.4, 0.5) is 18.9 Å². The van der Waals surface area contributed by atoms with Gasteiger partial charge in [-0.15, -0.1) is 0 Å². The fraction of sp³-hybridized carbons (Fsp3) is 0.417. The van der Waals surface area contributed by atoms with E-state index in [4.69, 9.17) is 23.2 Å². The van der Waals surface area contributed by atoms with Crippen LogP contribution in [0.15, 0.2) is 42.5 Å². The van der Waals surface area contributed by atoms with E-state index in [2.05, 4.69) is 5.32 Å². The summed E-state index contributed by atoms with van der Waals surface area (Å²) in [6.07, 6.45) is -3.40. The molecule has 2 aromatic carbocycles. The number of anilines is 1. The number of rotatable bonds is 10. The van der Waals surface area contributed by atoms with E-state index in [1.165, 1.54) is 6.92 Å². The van der Waals surface area contributed by atoms with Crippen molar-refractivity contribution in [2.24, 2.45) is 0 Å². The molecule has 2 atom stereocenters. The van der Waals surface area contributed by atoms with Crippen molar-refractivity contribution in [1.29, 1.82) is 0 Å². The minimum absolute atomic E-state index is 0.151. The molecular formula is C24H28Cl2F3N3O4S. The Morgan fingerprint density at radius 2 is 1.68 bits per heavy atom. The maximum Gasteiger partial charge on any atom is 0.416 e. The second-order valence-corrected chi connectivity index (χ2v) is 11.3. The van der Waals surface area contributed by atoms with E-state index >= 15 is 0 Å². The Hall–Kier alpha value is -2.50. The van der Waals surface area contributed by atoms with Gasteiger partial charge in [0.25, 0.3) is 0 Å². The smallest absolute Gasteiger partial charge is 0.352 e. The minimum Gasteiger partial charge on any atom is -0.352 e. The van der Waals surface area contributed by atoms with Crippen molar-refractivity contribution in [1.82, 2.24) is 10.2 Å². The van der Waals surface area contributed by atoms with Gasteiger partial charge in [-0.3, -0.25) is 13.9 Å². The number of sulfonamides is 1. The number of halogens is 5. The lowest BCUT2D eigenvalue weighted by atomic mass is 10.1. The highest BCUT2D eigenvalue weighted by Crippen LogP contribution is 2.36. The van der Waals surface area contributed by atoms with Gasteiger partial charge in [0.1, 0.15) is 12.6 Å². The first-order chi connectivity index (χ1) is 17.1. The Morgan fingerprint density at radius 1 is 1.05 bits per heavy atom. The van der Waals surface area contributed by atoms with Crippen LogP contribution in [-0.4, -0.2) is 50.0 Å². The van der Waals surface area contributed by atoms with Crippen molar-refractivity contribution in [2.45, 2.75) is 52.0 Å². The fourth-order valence-electron chi connectivity index (χ4n) is 3.33. The molecule has 204 valence electrons. The van der Waals surface area contributed by atoms with Gasteiger partial charge in [0.2, 0.25) is 21.8 Å². The SMILES string of the molecule is CC[C@H](C)NC(=O)[C@H](C)N(Cc1ccccc1Cl)C(=O)CN(c1cc(C(F)(F)F)ccc1Cl)S(C)(=O)=O.